The smallest absolute Gasteiger partial charge is 0.539 e. The van der Waals surface area contributed by atoms with Gasteiger partial charge in [0.1, 0.15) is 5.60 Å². The fraction of sp³-hybridized carbons (Fsp3) is 0.667. The molecule has 0 aliphatic heterocycles. The van der Waals surface area contributed by atoms with Crippen molar-refractivity contribution in [1.82, 2.24) is 0 Å². The summed E-state index contributed by atoms with van der Waals surface area (Å²) in [4.78, 5) is 28.2. The average Bonchev–Trinajstić information content (AvgIpc) is 1.80. The fourth-order valence-corrected chi connectivity index (χ4v) is 0.197. The van der Waals surface area contributed by atoms with Gasteiger partial charge in [-0.2, -0.15) is 4.89 Å². The summed E-state index contributed by atoms with van der Waals surface area (Å²) < 4.78 is 0. The minimum absolute atomic E-state index is 0. The van der Waals surface area contributed by atoms with Crippen LogP contribution in [-0.2, 0) is 19.4 Å². The molecule has 0 rings (SSSR count). The number of rotatable bonds is 1. The quantitative estimate of drug-likeness (QED) is 0.187. The van der Waals surface area contributed by atoms with Crippen LogP contribution in [0.25, 0.3) is 0 Å². The van der Waals surface area contributed by atoms with E-state index in [4.69, 9.17) is 0 Å². The second-order valence-corrected chi connectivity index (χ2v) is 2.85. The van der Waals surface area contributed by atoms with Crippen molar-refractivity contribution in [2.75, 3.05) is 0 Å². The number of carboxylic acids is 1. The van der Waals surface area contributed by atoms with Gasteiger partial charge in [0.25, 0.3) is 0 Å². The predicted molar refractivity (Wildman–Crippen MR) is 31.9 cm³/mol. The molecule has 6 heteroatoms. The summed E-state index contributed by atoms with van der Waals surface area (Å²) >= 11 is 0. The minimum atomic E-state index is -1.92. The third-order valence-corrected chi connectivity index (χ3v) is 0.534. The van der Waals surface area contributed by atoms with E-state index in [9.17, 15) is 14.7 Å². The molecule has 0 spiro atoms. The molecule has 12 heavy (non-hydrogen) atoms. The number of aliphatic carboxylic acids is 1. The first kappa shape index (κ1) is 15.0. The van der Waals surface area contributed by atoms with E-state index >= 15 is 0 Å². The van der Waals surface area contributed by atoms with Crippen LogP contribution in [0.3, 0.4) is 0 Å². The Morgan fingerprint density at radius 3 is 1.92 bits per heavy atom. The van der Waals surface area contributed by atoms with E-state index in [1.165, 1.54) is 0 Å². The van der Waals surface area contributed by atoms with Gasteiger partial charge in [0.05, 0.1) is 0 Å². The largest absolute Gasteiger partial charge is 1.00 e. The molecular formula is C6H9KO5. The van der Waals surface area contributed by atoms with E-state index in [2.05, 4.69) is 9.78 Å². The summed E-state index contributed by atoms with van der Waals surface area (Å²) in [6.45, 7) is 4.82. The first-order valence-electron chi connectivity index (χ1n) is 2.94. The molecule has 64 valence electrons. The molecule has 0 N–H and O–H groups in total. The maximum Gasteiger partial charge on any atom is 1.00 e. The monoisotopic (exact) mass is 200 g/mol. The van der Waals surface area contributed by atoms with Gasteiger partial charge in [-0.3, -0.25) is 4.89 Å². The van der Waals surface area contributed by atoms with Crippen LogP contribution in [0.5, 0.6) is 0 Å². The van der Waals surface area contributed by atoms with Crippen LogP contribution in [0.15, 0.2) is 0 Å². The van der Waals surface area contributed by atoms with E-state index in [0.717, 1.165) is 0 Å². The Balaban J connectivity index is 0. The molecule has 0 aromatic carbocycles. The molecule has 0 atom stereocenters. The van der Waals surface area contributed by atoms with E-state index in [1.54, 1.807) is 20.8 Å². The maximum atomic E-state index is 10.2. The Hall–Kier alpha value is 0.536. The molecule has 0 aromatic heterocycles. The molecule has 0 unspecified atom stereocenters. The van der Waals surface area contributed by atoms with E-state index < -0.39 is 17.5 Å². The summed E-state index contributed by atoms with van der Waals surface area (Å²) in [6.07, 6.45) is 0. The van der Waals surface area contributed by atoms with Crippen molar-refractivity contribution in [2.24, 2.45) is 0 Å². The van der Waals surface area contributed by atoms with Gasteiger partial charge in [-0.05, 0) is 20.8 Å². The summed E-state index contributed by atoms with van der Waals surface area (Å²) in [5.74, 6) is -3.45. The van der Waals surface area contributed by atoms with Crippen LogP contribution in [0.1, 0.15) is 20.8 Å². The van der Waals surface area contributed by atoms with Crippen molar-refractivity contribution < 1.29 is 75.9 Å². The molecule has 0 amide bonds. The first-order valence-corrected chi connectivity index (χ1v) is 2.94. The molecular weight excluding hydrogens is 191 g/mol. The van der Waals surface area contributed by atoms with Crippen LogP contribution in [0.2, 0.25) is 0 Å². The summed E-state index contributed by atoms with van der Waals surface area (Å²) in [7, 11) is 0. The first-order chi connectivity index (χ1) is 4.83. The molecule has 0 saturated heterocycles. The molecule has 0 saturated carbocycles. The van der Waals surface area contributed by atoms with Crippen LogP contribution < -0.4 is 56.5 Å². The minimum Gasteiger partial charge on any atom is -0.539 e. The second kappa shape index (κ2) is 6.06. The van der Waals surface area contributed by atoms with Crippen LogP contribution in [0, 0.1) is 0 Å². The van der Waals surface area contributed by atoms with Gasteiger partial charge in [0.2, 0.25) is 0 Å². The van der Waals surface area contributed by atoms with Gasteiger partial charge in [0.15, 0.2) is 5.97 Å². The second-order valence-electron chi connectivity index (χ2n) is 2.85. The molecule has 0 aliphatic rings. The van der Waals surface area contributed by atoms with Gasteiger partial charge < -0.3 is 9.90 Å². The van der Waals surface area contributed by atoms with Crippen LogP contribution in [-0.4, -0.2) is 17.5 Å². The molecule has 0 bridgehead atoms. The molecule has 5 nitrogen and oxygen atoms in total. The molecule has 0 aromatic rings. The third kappa shape index (κ3) is 8.63. The van der Waals surface area contributed by atoms with Gasteiger partial charge in [-0.1, -0.05) is 0 Å². The number of carboxylic acid groups (broad SMARTS) is 1. The fourth-order valence-electron chi connectivity index (χ4n) is 0.197. The predicted octanol–water partition coefficient (Wildman–Crippen LogP) is -3.99. The number of hydrogen-bond donors (Lipinski definition) is 0. The topological polar surface area (TPSA) is 75.7 Å². The molecule has 0 radical (unpaired) electrons. The number of carbonyl (C=O) groups is 2. The Morgan fingerprint density at radius 1 is 1.25 bits per heavy atom. The Kier molecular flexibility index (Phi) is 7.59. The third-order valence-electron chi connectivity index (χ3n) is 0.534. The average molecular weight is 200 g/mol. The van der Waals surface area contributed by atoms with Crippen LogP contribution in [0.4, 0.5) is 0 Å². The van der Waals surface area contributed by atoms with Crippen LogP contribution >= 0.6 is 0 Å². The Labute approximate surface area is 113 Å². The summed E-state index contributed by atoms with van der Waals surface area (Å²) in [6, 6.07) is 0. The molecule has 0 aliphatic carbocycles. The SMILES string of the molecule is CC(C)(C)OOC(=O)C(=O)[O-].[K+]. The van der Waals surface area contributed by atoms with Gasteiger partial charge >= 0.3 is 57.4 Å². The summed E-state index contributed by atoms with van der Waals surface area (Å²) in [5, 5.41) is 9.75. The van der Waals surface area contributed by atoms with Crippen molar-refractivity contribution in [3.05, 3.63) is 0 Å². The zero-order valence-corrected chi connectivity index (χ0v) is 10.7. The Morgan fingerprint density at radius 2 is 1.67 bits per heavy atom. The van der Waals surface area contributed by atoms with Crippen molar-refractivity contribution in [2.45, 2.75) is 26.4 Å². The number of hydrogen-bond acceptors (Lipinski definition) is 5. The Bertz CT molecular complexity index is 171. The van der Waals surface area contributed by atoms with Crippen molar-refractivity contribution >= 4 is 11.9 Å². The van der Waals surface area contributed by atoms with Crippen molar-refractivity contribution in [3.63, 3.8) is 0 Å². The van der Waals surface area contributed by atoms with E-state index in [0.29, 0.717) is 0 Å². The zero-order valence-electron chi connectivity index (χ0n) is 7.54. The summed E-state index contributed by atoms with van der Waals surface area (Å²) in [5.41, 5.74) is -0.717. The maximum absolute atomic E-state index is 10.2. The van der Waals surface area contributed by atoms with Gasteiger partial charge in [-0.25, -0.2) is 4.79 Å². The standard InChI is InChI=1S/C6H10O5.K/c1-6(2,3)11-10-5(9)4(7)8;/h1-3H3,(H,7,8);/q;+1/p-1. The van der Waals surface area contributed by atoms with Gasteiger partial charge in [-0.15, -0.1) is 0 Å². The number of carbonyl (C=O) groups excluding carboxylic acids is 2. The van der Waals surface area contributed by atoms with E-state index in [1.807, 2.05) is 0 Å². The molecule has 0 heterocycles. The van der Waals surface area contributed by atoms with Gasteiger partial charge in [0, 0.05) is 0 Å². The normalized spacial score (nSPS) is 9.92. The zero-order chi connectivity index (χ0) is 9.07. The van der Waals surface area contributed by atoms with E-state index in [-0.39, 0.29) is 51.4 Å². The molecule has 0 fully saturated rings. The van der Waals surface area contributed by atoms with Crippen molar-refractivity contribution in [1.29, 1.82) is 0 Å². The van der Waals surface area contributed by atoms with Crippen molar-refractivity contribution in [3.8, 4) is 0 Å².